The van der Waals surface area contributed by atoms with Crippen LogP contribution < -0.4 is 0 Å². The summed E-state index contributed by atoms with van der Waals surface area (Å²) in [7, 11) is 0. The number of rotatable bonds is 4. The second-order valence-corrected chi connectivity index (χ2v) is 7.05. The Bertz CT molecular complexity index is 1330. The van der Waals surface area contributed by atoms with Gasteiger partial charge >= 0.3 is 0 Å². The molecule has 0 amide bonds. The molecule has 4 heteroatoms. The molecular weight excluding hydrogens is 346 g/mol. The van der Waals surface area contributed by atoms with Gasteiger partial charge in [0.05, 0.1) is 11.4 Å². The molecular formula is C24H21N3O. The van der Waals surface area contributed by atoms with Crippen LogP contribution in [-0.4, -0.2) is 20.1 Å². The number of hydrogen-bond acceptors (Lipinski definition) is 1. The maximum atomic E-state index is 10.4. The third kappa shape index (κ3) is 2.38. The Morgan fingerprint density at radius 1 is 1.00 bits per heavy atom. The van der Waals surface area contributed by atoms with Gasteiger partial charge in [-0.25, -0.2) is 0 Å². The Labute approximate surface area is 162 Å². The van der Waals surface area contributed by atoms with Crippen molar-refractivity contribution in [3.05, 3.63) is 78.8 Å². The monoisotopic (exact) mass is 367 g/mol. The molecule has 0 unspecified atom stereocenters. The van der Waals surface area contributed by atoms with Crippen LogP contribution in [0.1, 0.15) is 18.2 Å². The summed E-state index contributed by atoms with van der Waals surface area (Å²) in [6, 6.07) is 16.7. The molecule has 0 radical (unpaired) electrons. The minimum Gasteiger partial charge on any atom is -0.506 e. The van der Waals surface area contributed by atoms with Crippen LogP contribution in [-0.2, 0) is 6.42 Å². The minimum atomic E-state index is 0.0452. The van der Waals surface area contributed by atoms with Crippen LogP contribution in [0.3, 0.4) is 0 Å². The molecule has 0 bridgehead atoms. The fraction of sp³-hybridized carbons (Fsp3) is 0.0833. The lowest BCUT2D eigenvalue weighted by atomic mass is 9.94. The number of aliphatic hydroxyl groups is 1. The molecule has 28 heavy (non-hydrogen) atoms. The summed E-state index contributed by atoms with van der Waals surface area (Å²) in [5, 5.41) is 12.7. The van der Waals surface area contributed by atoms with Gasteiger partial charge in [-0.2, -0.15) is 0 Å². The summed E-state index contributed by atoms with van der Waals surface area (Å²) in [4.78, 5) is 10.0. The maximum Gasteiger partial charge on any atom is 0.132 e. The zero-order valence-electron chi connectivity index (χ0n) is 15.6. The molecule has 5 rings (SSSR count). The highest BCUT2D eigenvalue weighted by Crippen LogP contribution is 2.40. The maximum absolute atomic E-state index is 10.4. The zero-order valence-corrected chi connectivity index (χ0v) is 15.6. The van der Waals surface area contributed by atoms with Gasteiger partial charge < -0.3 is 20.1 Å². The first-order valence-electron chi connectivity index (χ1n) is 9.44. The number of aliphatic hydroxyl groups excluding tert-OH is 1. The Kier molecular flexibility index (Phi) is 3.66. The lowest BCUT2D eigenvalue weighted by Crippen LogP contribution is -1.89. The van der Waals surface area contributed by atoms with E-state index in [1.54, 1.807) is 0 Å². The Balaban J connectivity index is 1.82. The Morgan fingerprint density at radius 3 is 2.64 bits per heavy atom. The first kappa shape index (κ1) is 16.5. The van der Waals surface area contributed by atoms with Crippen LogP contribution >= 0.6 is 0 Å². The van der Waals surface area contributed by atoms with Crippen LogP contribution in [0.25, 0.3) is 49.9 Å². The average molecular weight is 367 g/mol. The summed E-state index contributed by atoms with van der Waals surface area (Å²) >= 11 is 0. The quantitative estimate of drug-likeness (QED) is 0.273. The van der Waals surface area contributed by atoms with Crippen molar-refractivity contribution >= 4 is 27.6 Å². The van der Waals surface area contributed by atoms with E-state index in [1.807, 2.05) is 18.5 Å². The number of benzene rings is 2. The lowest BCUT2D eigenvalue weighted by Gasteiger charge is -2.08. The molecule has 0 spiro atoms. The van der Waals surface area contributed by atoms with Crippen molar-refractivity contribution in [1.82, 2.24) is 15.0 Å². The van der Waals surface area contributed by atoms with Crippen molar-refractivity contribution in [2.24, 2.45) is 0 Å². The molecule has 3 heterocycles. The van der Waals surface area contributed by atoms with Gasteiger partial charge in [0, 0.05) is 39.9 Å². The zero-order chi connectivity index (χ0) is 19.3. The van der Waals surface area contributed by atoms with Gasteiger partial charge in [0.1, 0.15) is 5.76 Å². The van der Waals surface area contributed by atoms with Gasteiger partial charge in [-0.05, 0) is 47.2 Å². The standard InChI is InChI=1S/C24H21N3O/c1-3-17-22(16-8-7-15-9-11-26-21(15)13-16)23(14(2)28)27-24(17)19-5-4-6-20-18(19)10-12-25-20/h4-13,25-28H,2-3H2,1H3. The van der Waals surface area contributed by atoms with Crippen molar-refractivity contribution in [1.29, 1.82) is 0 Å². The Hall–Kier alpha value is -3.66. The van der Waals surface area contributed by atoms with Crippen molar-refractivity contribution in [3.8, 4) is 22.4 Å². The van der Waals surface area contributed by atoms with Crippen LogP contribution in [0.2, 0.25) is 0 Å². The van der Waals surface area contributed by atoms with E-state index in [2.05, 4.69) is 70.9 Å². The van der Waals surface area contributed by atoms with E-state index >= 15 is 0 Å². The summed E-state index contributed by atoms with van der Waals surface area (Å²) in [5.41, 5.74) is 8.21. The minimum absolute atomic E-state index is 0.0452. The summed E-state index contributed by atoms with van der Waals surface area (Å²) in [6.07, 6.45) is 4.73. The lowest BCUT2D eigenvalue weighted by molar-refractivity contribution is 0.511. The smallest absolute Gasteiger partial charge is 0.132 e. The summed E-state index contributed by atoms with van der Waals surface area (Å²) in [6.45, 7) is 5.95. The van der Waals surface area contributed by atoms with Crippen LogP contribution in [0.15, 0.2) is 67.5 Å². The van der Waals surface area contributed by atoms with Gasteiger partial charge in [-0.3, -0.25) is 0 Å². The largest absolute Gasteiger partial charge is 0.506 e. The van der Waals surface area contributed by atoms with E-state index in [0.29, 0.717) is 5.69 Å². The molecule has 0 fully saturated rings. The number of fused-ring (bicyclic) bond motifs is 2. The molecule has 138 valence electrons. The van der Waals surface area contributed by atoms with E-state index in [1.165, 1.54) is 10.9 Å². The highest BCUT2D eigenvalue weighted by Gasteiger charge is 2.21. The fourth-order valence-electron chi connectivity index (χ4n) is 4.16. The molecule has 0 saturated heterocycles. The first-order valence-corrected chi connectivity index (χ1v) is 9.44. The molecule has 5 aromatic rings. The van der Waals surface area contributed by atoms with Crippen LogP contribution in [0.5, 0.6) is 0 Å². The molecule has 0 saturated carbocycles. The predicted octanol–water partition coefficient (Wildman–Crippen LogP) is 6.40. The molecule has 0 aliphatic heterocycles. The van der Waals surface area contributed by atoms with Gasteiger partial charge in [0.2, 0.25) is 0 Å². The van der Waals surface area contributed by atoms with Crippen molar-refractivity contribution < 1.29 is 5.11 Å². The normalized spacial score (nSPS) is 11.5. The Morgan fingerprint density at radius 2 is 1.82 bits per heavy atom. The van der Waals surface area contributed by atoms with E-state index < -0.39 is 0 Å². The second kappa shape index (κ2) is 6.20. The number of aromatic amines is 3. The molecule has 4 nitrogen and oxygen atoms in total. The SMILES string of the molecule is C=C(O)c1[nH]c(-c2cccc3[nH]ccc23)c(CC)c1-c1ccc2cc[nH]c2c1. The highest BCUT2D eigenvalue weighted by atomic mass is 16.3. The van der Waals surface area contributed by atoms with Crippen LogP contribution in [0, 0.1) is 0 Å². The number of aromatic nitrogens is 3. The van der Waals surface area contributed by atoms with Crippen molar-refractivity contribution in [2.45, 2.75) is 13.3 Å². The van der Waals surface area contributed by atoms with Crippen molar-refractivity contribution in [3.63, 3.8) is 0 Å². The number of H-pyrrole nitrogens is 3. The van der Waals surface area contributed by atoms with Gasteiger partial charge in [0.15, 0.2) is 0 Å². The molecule has 4 N–H and O–H groups in total. The average Bonchev–Trinajstić information content (AvgIpc) is 3.43. The first-order chi connectivity index (χ1) is 13.7. The summed E-state index contributed by atoms with van der Waals surface area (Å²) < 4.78 is 0. The van der Waals surface area contributed by atoms with E-state index in [0.717, 1.165) is 45.2 Å². The second-order valence-electron chi connectivity index (χ2n) is 7.05. The third-order valence-corrected chi connectivity index (χ3v) is 5.45. The van der Waals surface area contributed by atoms with E-state index in [-0.39, 0.29) is 5.76 Å². The summed E-state index contributed by atoms with van der Waals surface area (Å²) in [5.74, 6) is 0.0452. The van der Waals surface area contributed by atoms with Gasteiger partial charge in [-0.1, -0.05) is 37.8 Å². The number of hydrogen-bond donors (Lipinski definition) is 4. The predicted molar refractivity (Wildman–Crippen MR) is 116 cm³/mol. The van der Waals surface area contributed by atoms with Crippen molar-refractivity contribution in [2.75, 3.05) is 0 Å². The third-order valence-electron chi connectivity index (χ3n) is 5.45. The molecule has 0 atom stereocenters. The molecule has 3 aromatic heterocycles. The number of nitrogens with one attached hydrogen (secondary N) is 3. The molecule has 0 aliphatic carbocycles. The van der Waals surface area contributed by atoms with Gasteiger partial charge in [-0.15, -0.1) is 0 Å². The molecule has 0 aliphatic rings. The topological polar surface area (TPSA) is 67.6 Å². The van der Waals surface area contributed by atoms with E-state index in [4.69, 9.17) is 0 Å². The van der Waals surface area contributed by atoms with E-state index in [9.17, 15) is 5.11 Å². The van der Waals surface area contributed by atoms with Gasteiger partial charge in [0.25, 0.3) is 0 Å². The highest BCUT2D eigenvalue weighted by molar-refractivity contribution is 5.98. The fourth-order valence-corrected chi connectivity index (χ4v) is 4.16. The van der Waals surface area contributed by atoms with Crippen LogP contribution in [0.4, 0.5) is 0 Å². The molecule has 2 aromatic carbocycles.